The number of amides is 1. The van der Waals surface area contributed by atoms with Crippen molar-refractivity contribution in [3.05, 3.63) is 34.9 Å². The lowest BCUT2D eigenvalue weighted by atomic mass is 10.1. The van der Waals surface area contributed by atoms with Gasteiger partial charge in [-0.15, -0.1) is 0 Å². The second kappa shape index (κ2) is 6.31. The molecule has 22 heavy (non-hydrogen) atoms. The van der Waals surface area contributed by atoms with E-state index in [1.165, 1.54) is 12.4 Å². The van der Waals surface area contributed by atoms with E-state index in [4.69, 9.17) is 20.9 Å². The van der Waals surface area contributed by atoms with E-state index in [0.717, 1.165) is 12.8 Å². The standard InChI is InChI=1S/C14H15ClN4O3/c1-9-5-12(18-22-9)13(20)19-4-2-3-11(8-19)21-14-16-6-10(15)7-17-14/h5-7,11H,2-4,8H2,1H3. The summed E-state index contributed by atoms with van der Waals surface area (Å²) < 4.78 is 10.7. The largest absolute Gasteiger partial charge is 0.458 e. The van der Waals surface area contributed by atoms with Gasteiger partial charge in [-0.2, -0.15) is 0 Å². The number of likely N-dealkylation sites (tertiary alicyclic amines) is 1. The van der Waals surface area contributed by atoms with E-state index in [2.05, 4.69) is 15.1 Å². The van der Waals surface area contributed by atoms with Crippen LogP contribution >= 0.6 is 11.6 Å². The minimum Gasteiger partial charge on any atom is -0.458 e. The summed E-state index contributed by atoms with van der Waals surface area (Å²) in [6, 6.07) is 1.90. The van der Waals surface area contributed by atoms with Gasteiger partial charge in [0.1, 0.15) is 11.9 Å². The molecule has 0 aliphatic carbocycles. The molecule has 1 amide bonds. The first-order chi connectivity index (χ1) is 10.6. The normalized spacial score (nSPS) is 18.3. The van der Waals surface area contributed by atoms with E-state index in [9.17, 15) is 4.79 Å². The molecule has 3 heterocycles. The number of aryl methyl sites for hydroxylation is 1. The zero-order valence-corrected chi connectivity index (χ0v) is 12.8. The van der Waals surface area contributed by atoms with Gasteiger partial charge in [0.2, 0.25) is 0 Å². The summed E-state index contributed by atoms with van der Waals surface area (Å²) in [4.78, 5) is 22.1. The molecule has 0 N–H and O–H groups in total. The zero-order valence-electron chi connectivity index (χ0n) is 12.0. The first-order valence-electron chi connectivity index (χ1n) is 6.98. The maximum absolute atomic E-state index is 12.4. The van der Waals surface area contributed by atoms with Crippen LogP contribution in [0.4, 0.5) is 0 Å². The summed E-state index contributed by atoms with van der Waals surface area (Å²) in [5.41, 5.74) is 0.320. The second-order valence-electron chi connectivity index (χ2n) is 5.14. The van der Waals surface area contributed by atoms with Crippen LogP contribution in [0.15, 0.2) is 23.0 Å². The molecule has 2 aromatic rings. The van der Waals surface area contributed by atoms with Crippen molar-refractivity contribution in [1.82, 2.24) is 20.0 Å². The fourth-order valence-electron chi connectivity index (χ4n) is 2.36. The summed E-state index contributed by atoms with van der Waals surface area (Å²) >= 11 is 5.74. The number of ether oxygens (including phenoxy) is 1. The Morgan fingerprint density at radius 1 is 1.45 bits per heavy atom. The molecule has 0 bridgehead atoms. The number of hydrogen-bond donors (Lipinski definition) is 0. The van der Waals surface area contributed by atoms with Gasteiger partial charge in [-0.05, 0) is 19.8 Å². The molecular formula is C14H15ClN4O3. The molecule has 1 unspecified atom stereocenters. The van der Waals surface area contributed by atoms with Crippen LogP contribution in [-0.4, -0.2) is 45.1 Å². The first kappa shape index (κ1) is 14.8. The molecule has 1 aliphatic rings. The molecule has 3 rings (SSSR count). The van der Waals surface area contributed by atoms with E-state index < -0.39 is 0 Å². The number of carbonyl (C=O) groups excluding carboxylic acids is 1. The molecular weight excluding hydrogens is 308 g/mol. The molecule has 1 atom stereocenters. The SMILES string of the molecule is Cc1cc(C(=O)N2CCCC(Oc3ncc(Cl)cn3)C2)no1. The van der Waals surface area contributed by atoms with Crippen LogP contribution in [0.5, 0.6) is 6.01 Å². The van der Waals surface area contributed by atoms with Crippen molar-refractivity contribution in [2.24, 2.45) is 0 Å². The van der Waals surface area contributed by atoms with E-state index in [-0.39, 0.29) is 18.0 Å². The van der Waals surface area contributed by atoms with Gasteiger partial charge in [0.25, 0.3) is 5.91 Å². The van der Waals surface area contributed by atoms with Crippen molar-refractivity contribution >= 4 is 17.5 Å². The molecule has 7 nitrogen and oxygen atoms in total. The molecule has 1 aliphatic heterocycles. The van der Waals surface area contributed by atoms with Gasteiger partial charge >= 0.3 is 6.01 Å². The van der Waals surface area contributed by atoms with Crippen LogP contribution in [0, 0.1) is 6.92 Å². The quantitative estimate of drug-likeness (QED) is 0.861. The zero-order chi connectivity index (χ0) is 15.5. The van der Waals surface area contributed by atoms with Gasteiger partial charge in [-0.3, -0.25) is 4.79 Å². The highest BCUT2D eigenvalue weighted by atomic mass is 35.5. The predicted molar refractivity (Wildman–Crippen MR) is 77.8 cm³/mol. The van der Waals surface area contributed by atoms with E-state index in [1.807, 2.05) is 0 Å². The topological polar surface area (TPSA) is 81.4 Å². The third kappa shape index (κ3) is 3.36. The fourth-order valence-corrected chi connectivity index (χ4v) is 2.46. The second-order valence-corrected chi connectivity index (χ2v) is 5.58. The van der Waals surface area contributed by atoms with Gasteiger partial charge in [0, 0.05) is 12.6 Å². The van der Waals surface area contributed by atoms with Crippen LogP contribution in [0.3, 0.4) is 0 Å². The highest BCUT2D eigenvalue weighted by molar-refractivity contribution is 6.30. The number of halogens is 1. The summed E-state index contributed by atoms with van der Waals surface area (Å²) in [6.07, 6.45) is 4.50. The van der Waals surface area contributed by atoms with Crippen LogP contribution in [-0.2, 0) is 0 Å². The third-order valence-corrected chi connectivity index (χ3v) is 3.58. The Morgan fingerprint density at radius 2 is 2.23 bits per heavy atom. The first-order valence-corrected chi connectivity index (χ1v) is 7.36. The fraction of sp³-hybridized carbons (Fsp3) is 0.429. The Kier molecular flexibility index (Phi) is 4.24. The molecule has 8 heteroatoms. The molecule has 116 valence electrons. The smallest absolute Gasteiger partial charge is 0.316 e. The number of nitrogens with zero attached hydrogens (tertiary/aromatic N) is 4. The average molecular weight is 323 g/mol. The monoisotopic (exact) mass is 322 g/mol. The highest BCUT2D eigenvalue weighted by Crippen LogP contribution is 2.18. The van der Waals surface area contributed by atoms with Crippen LogP contribution in [0.25, 0.3) is 0 Å². The molecule has 2 aromatic heterocycles. The number of hydrogen-bond acceptors (Lipinski definition) is 6. The van der Waals surface area contributed by atoms with Gasteiger partial charge in [-0.25, -0.2) is 9.97 Å². The predicted octanol–water partition coefficient (Wildman–Crippen LogP) is 2.11. The van der Waals surface area contributed by atoms with E-state index in [0.29, 0.717) is 29.6 Å². The molecule has 1 saturated heterocycles. The number of aromatic nitrogens is 3. The summed E-state index contributed by atoms with van der Waals surface area (Å²) in [7, 11) is 0. The lowest BCUT2D eigenvalue weighted by molar-refractivity contribution is 0.0507. The Bertz CT molecular complexity index is 658. The maximum atomic E-state index is 12.4. The average Bonchev–Trinajstić information content (AvgIpc) is 2.96. The number of rotatable bonds is 3. The lowest BCUT2D eigenvalue weighted by Gasteiger charge is -2.31. The van der Waals surface area contributed by atoms with Gasteiger partial charge in [-0.1, -0.05) is 16.8 Å². The highest BCUT2D eigenvalue weighted by Gasteiger charge is 2.27. The minimum absolute atomic E-state index is 0.146. The third-order valence-electron chi connectivity index (χ3n) is 3.38. The summed E-state index contributed by atoms with van der Waals surface area (Å²) in [6.45, 7) is 2.90. The van der Waals surface area contributed by atoms with Crippen molar-refractivity contribution in [3.8, 4) is 6.01 Å². The number of carbonyl (C=O) groups is 1. The maximum Gasteiger partial charge on any atom is 0.316 e. The molecule has 1 fully saturated rings. The van der Waals surface area contributed by atoms with Crippen molar-refractivity contribution in [2.45, 2.75) is 25.9 Å². The van der Waals surface area contributed by atoms with E-state index in [1.54, 1.807) is 17.9 Å². The van der Waals surface area contributed by atoms with Gasteiger partial charge in [0.05, 0.1) is 24.0 Å². The lowest BCUT2D eigenvalue weighted by Crippen LogP contribution is -2.44. The number of piperidine rings is 1. The van der Waals surface area contributed by atoms with Gasteiger partial charge in [0.15, 0.2) is 5.69 Å². The van der Waals surface area contributed by atoms with Crippen molar-refractivity contribution in [3.63, 3.8) is 0 Å². The molecule has 0 aromatic carbocycles. The Labute approximate surface area is 132 Å². The Balaban J connectivity index is 1.63. The van der Waals surface area contributed by atoms with Crippen molar-refractivity contribution in [2.75, 3.05) is 13.1 Å². The molecule has 0 radical (unpaired) electrons. The molecule has 0 spiro atoms. The van der Waals surface area contributed by atoms with E-state index >= 15 is 0 Å². The molecule has 0 saturated carbocycles. The minimum atomic E-state index is -0.151. The van der Waals surface area contributed by atoms with Crippen molar-refractivity contribution in [1.29, 1.82) is 0 Å². The summed E-state index contributed by atoms with van der Waals surface area (Å²) in [5.74, 6) is 0.463. The van der Waals surface area contributed by atoms with Crippen LogP contribution in [0.1, 0.15) is 29.1 Å². The Hall–Kier alpha value is -2.15. The summed E-state index contributed by atoms with van der Waals surface area (Å²) in [5, 5.41) is 4.22. The van der Waals surface area contributed by atoms with Crippen LogP contribution < -0.4 is 4.74 Å². The van der Waals surface area contributed by atoms with Crippen LogP contribution in [0.2, 0.25) is 5.02 Å². The van der Waals surface area contributed by atoms with Crippen molar-refractivity contribution < 1.29 is 14.1 Å². The van der Waals surface area contributed by atoms with Gasteiger partial charge < -0.3 is 14.2 Å². The Morgan fingerprint density at radius 3 is 2.91 bits per heavy atom.